The minimum Gasteiger partial charge on any atom is -0.386 e. The first-order valence-corrected chi connectivity index (χ1v) is 4.53. The fraction of sp³-hybridized carbons (Fsp3) is 0.833. The molecule has 0 rings (SSSR count). The van der Waals surface area contributed by atoms with E-state index in [1.165, 1.54) is 13.8 Å². The van der Waals surface area contributed by atoms with E-state index in [-0.39, 0.29) is 0 Å². The molecule has 0 radical (unpaired) electrons. The molecule has 0 saturated heterocycles. The van der Waals surface area contributed by atoms with Crippen molar-refractivity contribution in [1.82, 2.24) is 5.32 Å². The standard InChI is InChI=1S/C6H11Cl3N2O2/c1-5(2,11-4(10)13)3(12)6(7,8)9/h3,12H,1-2H3,(H3,10,11,13). The third-order valence-electron chi connectivity index (χ3n) is 1.44. The number of aliphatic hydroxyl groups excluding tert-OH is 1. The number of nitrogens with two attached hydrogens (primary N) is 1. The van der Waals surface area contributed by atoms with E-state index in [4.69, 9.17) is 40.5 Å². The number of alkyl halides is 3. The maximum absolute atomic E-state index is 10.5. The average molecular weight is 250 g/mol. The predicted octanol–water partition coefficient (Wildman–Crippen LogP) is 1.16. The van der Waals surface area contributed by atoms with Crippen molar-refractivity contribution in [3.8, 4) is 0 Å². The quantitative estimate of drug-likeness (QED) is 0.643. The van der Waals surface area contributed by atoms with Gasteiger partial charge in [-0.15, -0.1) is 0 Å². The molecule has 1 atom stereocenters. The van der Waals surface area contributed by atoms with Gasteiger partial charge in [0.05, 0.1) is 5.54 Å². The molecule has 0 aliphatic heterocycles. The predicted molar refractivity (Wildman–Crippen MR) is 53.1 cm³/mol. The van der Waals surface area contributed by atoms with Crippen LogP contribution in [0.3, 0.4) is 0 Å². The highest BCUT2D eigenvalue weighted by Crippen LogP contribution is 2.35. The highest BCUT2D eigenvalue weighted by molar-refractivity contribution is 6.68. The van der Waals surface area contributed by atoms with Crippen molar-refractivity contribution in [1.29, 1.82) is 0 Å². The summed E-state index contributed by atoms with van der Waals surface area (Å²) in [6, 6.07) is -0.793. The minimum absolute atomic E-state index is 0.793. The average Bonchev–Trinajstić information content (AvgIpc) is 1.80. The molecule has 0 aromatic heterocycles. The molecule has 4 N–H and O–H groups in total. The second-order valence-corrected chi connectivity index (χ2v) is 5.52. The molecule has 0 aliphatic carbocycles. The topological polar surface area (TPSA) is 75.3 Å². The van der Waals surface area contributed by atoms with Crippen LogP contribution >= 0.6 is 34.8 Å². The van der Waals surface area contributed by atoms with E-state index < -0.39 is 21.5 Å². The number of hydrogen-bond donors (Lipinski definition) is 3. The van der Waals surface area contributed by atoms with Gasteiger partial charge in [-0.25, -0.2) is 4.79 Å². The van der Waals surface area contributed by atoms with Gasteiger partial charge in [-0.2, -0.15) is 0 Å². The Morgan fingerprint density at radius 3 is 2.08 bits per heavy atom. The van der Waals surface area contributed by atoms with Crippen molar-refractivity contribution in [3.05, 3.63) is 0 Å². The van der Waals surface area contributed by atoms with E-state index in [1.54, 1.807) is 0 Å². The smallest absolute Gasteiger partial charge is 0.312 e. The summed E-state index contributed by atoms with van der Waals surface area (Å²) in [4.78, 5) is 10.5. The van der Waals surface area contributed by atoms with Crippen molar-refractivity contribution < 1.29 is 9.90 Å². The Hall–Kier alpha value is 0.1000. The number of halogens is 3. The van der Waals surface area contributed by atoms with E-state index in [1.807, 2.05) is 0 Å². The summed E-state index contributed by atoms with van der Waals surface area (Å²) in [6.45, 7) is 2.98. The molecule has 0 aliphatic rings. The molecule has 0 fully saturated rings. The van der Waals surface area contributed by atoms with Crippen LogP contribution in [0.1, 0.15) is 13.8 Å². The van der Waals surface area contributed by atoms with Crippen molar-refractivity contribution >= 4 is 40.8 Å². The van der Waals surface area contributed by atoms with Crippen LogP contribution < -0.4 is 11.1 Å². The van der Waals surface area contributed by atoms with Crippen LogP contribution in [0.5, 0.6) is 0 Å². The summed E-state index contributed by atoms with van der Waals surface area (Å²) in [5, 5.41) is 11.8. The van der Waals surface area contributed by atoms with Crippen LogP contribution in [-0.4, -0.2) is 26.6 Å². The summed E-state index contributed by atoms with van der Waals surface area (Å²) in [5.74, 6) is 0. The number of rotatable bonds is 2. The number of amides is 2. The Morgan fingerprint density at radius 2 is 1.85 bits per heavy atom. The number of nitrogens with one attached hydrogen (secondary N) is 1. The highest BCUT2D eigenvalue weighted by Gasteiger charge is 2.42. The molecular formula is C6H11Cl3N2O2. The third kappa shape index (κ3) is 4.22. The number of carbonyl (C=O) groups is 1. The Kier molecular flexibility index (Phi) is 4.12. The number of urea groups is 1. The lowest BCUT2D eigenvalue weighted by molar-refractivity contribution is 0.0896. The maximum atomic E-state index is 10.5. The third-order valence-corrected chi connectivity index (χ3v) is 2.06. The molecular weight excluding hydrogens is 238 g/mol. The van der Waals surface area contributed by atoms with Crippen LogP contribution in [0.15, 0.2) is 0 Å². The van der Waals surface area contributed by atoms with Crippen molar-refractivity contribution in [2.24, 2.45) is 5.73 Å². The molecule has 0 spiro atoms. The van der Waals surface area contributed by atoms with Gasteiger partial charge < -0.3 is 16.2 Å². The van der Waals surface area contributed by atoms with Gasteiger partial charge in [0.25, 0.3) is 0 Å². The molecule has 1 unspecified atom stereocenters. The largest absolute Gasteiger partial charge is 0.386 e. The first kappa shape index (κ1) is 13.1. The zero-order chi connectivity index (χ0) is 10.9. The number of carbonyl (C=O) groups excluding carboxylic acids is 1. The first-order valence-electron chi connectivity index (χ1n) is 3.40. The molecule has 7 heteroatoms. The molecule has 13 heavy (non-hydrogen) atoms. The highest BCUT2D eigenvalue weighted by atomic mass is 35.6. The summed E-state index contributed by atoms with van der Waals surface area (Å²) in [7, 11) is 0. The van der Waals surface area contributed by atoms with Gasteiger partial charge >= 0.3 is 6.03 Å². The van der Waals surface area contributed by atoms with Crippen LogP contribution in [-0.2, 0) is 0 Å². The monoisotopic (exact) mass is 248 g/mol. The Bertz CT molecular complexity index is 203. The van der Waals surface area contributed by atoms with Crippen LogP contribution in [0.4, 0.5) is 4.79 Å². The van der Waals surface area contributed by atoms with Gasteiger partial charge in [0.15, 0.2) is 0 Å². The first-order chi connectivity index (χ1) is 5.57. The van der Waals surface area contributed by atoms with Crippen molar-refractivity contribution in [3.63, 3.8) is 0 Å². The lowest BCUT2D eigenvalue weighted by Gasteiger charge is -2.34. The van der Waals surface area contributed by atoms with Crippen LogP contribution in [0, 0.1) is 0 Å². The second kappa shape index (κ2) is 4.09. The summed E-state index contributed by atoms with van der Waals surface area (Å²) in [5.41, 5.74) is 3.77. The molecule has 0 saturated carbocycles. The maximum Gasteiger partial charge on any atom is 0.312 e. The van der Waals surface area contributed by atoms with Gasteiger partial charge in [-0.05, 0) is 13.8 Å². The van der Waals surface area contributed by atoms with Crippen LogP contribution in [0.2, 0.25) is 0 Å². The van der Waals surface area contributed by atoms with E-state index in [9.17, 15) is 9.90 Å². The fourth-order valence-electron chi connectivity index (χ4n) is 0.795. The van der Waals surface area contributed by atoms with Gasteiger partial charge in [-0.1, -0.05) is 34.8 Å². The zero-order valence-corrected chi connectivity index (χ0v) is 9.41. The van der Waals surface area contributed by atoms with Gasteiger partial charge in [0.1, 0.15) is 6.10 Å². The number of aliphatic hydroxyl groups is 1. The molecule has 0 heterocycles. The fourth-order valence-corrected chi connectivity index (χ4v) is 1.61. The van der Waals surface area contributed by atoms with Gasteiger partial charge in [-0.3, -0.25) is 0 Å². The normalized spacial score (nSPS) is 15.2. The van der Waals surface area contributed by atoms with Gasteiger partial charge in [0.2, 0.25) is 3.79 Å². The molecule has 0 aromatic rings. The van der Waals surface area contributed by atoms with Crippen LogP contribution in [0.25, 0.3) is 0 Å². The van der Waals surface area contributed by atoms with E-state index in [2.05, 4.69) is 5.32 Å². The van der Waals surface area contributed by atoms with Crippen molar-refractivity contribution in [2.75, 3.05) is 0 Å². The Labute approximate surface area is 91.3 Å². The summed E-state index contributed by atoms with van der Waals surface area (Å²) < 4.78 is -1.87. The molecule has 4 nitrogen and oxygen atoms in total. The SMILES string of the molecule is CC(C)(NC(N)=O)C(O)C(Cl)(Cl)Cl. The summed E-state index contributed by atoms with van der Waals surface area (Å²) >= 11 is 16.3. The lowest BCUT2D eigenvalue weighted by atomic mass is 9.99. The molecule has 0 aromatic carbocycles. The minimum atomic E-state index is -1.87. The Morgan fingerprint density at radius 1 is 1.46 bits per heavy atom. The molecule has 0 bridgehead atoms. The summed E-state index contributed by atoms with van der Waals surface area (Å²) in [6.07, 6.45) is -1.35. The number of hydrogen-bond acceptors (Lipinski definition) is 2. The van der Waals surface area contributed by atoms with E-state index in [0.717, 1.165) is 0 Å². The molecule has 78 valence electrons. The van der Waals surface area contributed by atoms with E-state index in [0.29, 0.717) is 0 Å². The zero-order valence-electron chi connectivity index (χ0n) is 7.14. The Balaban J connectivity index is 4.54. The number of primary amides is 1. The molecule has 2 amide bonds. The second-order valence-electron chi connectivity index (χ2n) is 3.16. The lowest BCUT2D eigenvalue weighted by Crippen LogP contribution is -2.58. The van der Waals surface area contributed by atoms with Crippen molar-refractivity contribution in [2.45, 2.75) is 29.3 Å². The van der Waals surface area contributed by atoms with Gasteiger partial charge in [0, 0.05) is 0 Å². The van der Waals surface area contributed by atoms with E-state index >= 15 is 0 Å².